The van der Waals surface area contributed by atoms with Crippen LogP contribution in [0.25, 0.3) is 0 Å². The third-order valence-corrected chi connectivity index (χ3v) is 3.81. The smallest absolute Gasteiger partial charge is 0.414 e. The first kappa shape index (κ1) is 16.4. The van der Waals surface area contributed by atoms with Crippen LogP contribution >= 0.6 is 0 Å². The maximum absolute atomic E-state index is 12.4. The van der Waals surface area contributed by atoms with Crippen molar-refractivity contribution in [1.82, 2.24) is 0 Å². The van der Waals surface area contributed by atoms with Crippen molar-refractivity contribution in [2.75, 3.05) is 11.4 Å². The van der Waals surface area contributed by atoms with Crippen LogP contribution in [-0.4, -0.2) is 18.2 Å². The van der Waals surface area contributed by atoms with Gasteiger partial charge in [-0.05, 0) is 44.4 Å². The average molecular weight is 325 g/mol. The maximum atomic E-state index is 12.4. The summed E-state index contributed by atoms with van der Waals surface area (Å²) in [5.74, 6) is 0.757. The Bertz CT molecular complexity index is 719. The molecule has 0 atom stereocenters. The molecule has 1 amide bonds. The molecule has 0 aliphatic carbocycles. The summed E-state index contributed by atoms with van der Waals surface area (Å²) in [6.07, 6.45) is 0.537. The molecule has 4 nitrogen and oxygen atoms in total. The summed E-state index contributed by atoms with van der Waals surface area (Å²) in [5, 5.41) is 0. The van der Waals surface area contributed by atoms with E-state index in [1.807, 2.05) is 69.3 Å². The summed E-state index contributed by atoms with van der Waals surface area (Å²) in [6, 6.07) is 15.9. The molecule has 0 aromatic heterocycles. The summed E-state index contributed by atoms with van der Waals surface area (Å²) in [7, 11) is 0. The second kappa shape index (κ2) is 6.56. The number of carbonyl (C=O) groups is 1. The Hall–Kier alpha value is -2.49. The van der Waals surface area contributed by atoms with E-state index in [1.165, 1.54) is 0 Å². The zero-order valence-corrected chi connectivity index (χ0v) is 14.4. The molecule has 0 N–H and O–H groups in total. The number of benzene rings is 2. The Labute approximate surface area is 143 Å². The van der Waals surface area contributed by atoms with E-state index in [0.29, 0.717) is 13.2 Å². The first-order valence-electron chi connectivity index (χ1n) is 8.22. The topological polar surface area (TPSA) is 38.8 Å². The zero-order chi connectivity index (χ0) is 17.2. The molecule has 0 spiro atoms. The fraction of sp³-hybridized carbons (Fsp3) is 0.350. The summed E-state index contributed by atoms with van der Waals surface area (Å²) in [6.45, 7) is 6.78. The lowest BCUT2D eigenvalue weighted by atomic mass is 10.1. The molecule has 126 valence electrons. The fourth-order valence-corrected chi connectivity index (χ4v) is 2.70. The SMILES string of the molecule is CC(C)(C)OC(=O)N1CCc2ccc(OCc3ccccc3)cc21. The molecule has 0 unspecified atom stereocenters. The molecule has 0 saturated carbocycles. The Morgan fingerprint density at radius 3 is 2.58 bits per heavy atom. The van der Waals surface area contributed by atoms with Crippen molar-refractivity contribution in [2.24, 2.45) is 0 Å². The Balaban J connectivity index is 1.72. The zero-order valence-electron chi connectivity index (χ0n) is 14.4. The van der Waals surface area contributed by atoms with Crippen molar-refractivity contribution in [3.8, 4) is 5.75 Å². The third-order valence-electron chi connectivity index (χ3n) is 3.81. The summed E-state index contributed by atoms with van der Waals surface area (Å²) in [4.78, 5) is 14.1. The van der Waals surface area contributed by atoms with Crippen molar-refractivity contribution in [3.05, 3.63) is 59.7 Å². The van der Waals surface area contributed by atoms with Gasteiger partial charge in [0.1, 0.15) is 18.0 Å². The molecule has 0 fully saturated rings. The lowest BCUT2D eigenvalue weighted by Crippen LogP contribution is -2.35. The predicted molar refractivity (Wildman–Crippen MR) is 94.5 cm³/mol. The molecule has 0 radical (unpaired) electrons. The van der Waals surface area contributed by atoms with Crippen molar-refractivity contribution < 1.29 is 14.3 Å². The predicted octanol–water partition coefficient (Wildman–Crippen LogP) is 4.56. The number of nitrogens with zero attached hydrogens (tertiary/aromatic N) is 1. The van der Waals surface area contributed by atoms with Gasteiger partial charge in [-0.3, -0.25) is 4.90 Å². The molecular formula is C20H23NO3. The van der Waals surface area contributed by atoms with E-state index in [9.17, 15) is 4.79 Å². The van der Waals surface area contributed by atoms with Gasteiger partial charge in [-0.25, -0.2) is 4.79 Å². The van der Waals surface area contributed by atoms with E-state index in [2.05, 4.69) is 0 Å². The lowest BCUT2D eigenvalue weighted by Gasteiger charge is -2.25. The molecule has 3 rings (SSSR count). The Morgan fingerprint density at radius 2 is 1.88 bits per heavy atom. The molecule has 2 aromatic rings. The molecule has 1 aliphatic heterocycles. The number of ether oxygens (including phenoxy) is 2. The van der Waals surface area contributed by atoms with Gasteiger partial charge in [0, 0.05) is 12.6 Å². The molecule has 1 aliphatic rings. The van der Waals surface area contributed by atoms with Gasteiger partial charge < -0.3 is 9.47 Å². The molecule has 0 bridgehead atoms. The van der Waals surface area contributed by atoms with Crippen LogP contribution in [0, 0.1) is 0 Å². The van der Waals surface area contributed by atoms with Gasteiger partial charge in [-0.1, -0.05) is 36.4 Å². The van der Waals surface area contributed by atoms with Crippen LogP contribution < -0.4 is 9.64 Å². The average Bonchev–Trinajstić information content (AvgIpc) is 2.95. The third kappa shape index (κ3) is 3.88. The minimum absolute atomic E-state index is 0.304. The number of hydrogen-bond acceptors (Lipinski definition) is 3. The minimum Gasteiger partial charge on any atom is -0.489 e. The summed E-state index contributed by atoms with van der Waals surface area (Å²) < 4.78 is 11.4. The van der Waals surface area contributed by atoms with Crippen LogP contribution in [0.5, 0.6) is 5.75 Å². The molecular weight excluding hydrogens is 302 g/mol. The van der Waals surface area contributed by atoms with Crippen LogP contribution in [0.4, 0.5) is 10.5 Å². The van der Waals surface area contributed by atoms with Crippen molar-refractivity contribution in [2.45, 2.75) is 39.4 Å². The summed E-state index contributed by atoms with van der Waals surface area (Å²) in [5.41, 5.74) is 2.64. The van der Waals surface area contributed by atoms with Crippen molar-refractivity contribution in [1.29, 1.82) is 0 Å². The number of fused-ring (bicyclic) bond motifs is 1. The normalized spacial score (nSPS) is 13.5. The maximum Gasteiger partial charge on any atom is 0.414 e. The van der Waals surface area contributed by atoms with Gasteiger partial charge in [-0.15, -0.1) is 0 Å². The Morgan fingerprint density at radius 1 is 1.12 bits per heavy atom. The van der Waals surface area contributed by atoms with Gasteiger partial charge >= 0.3 is 6.09 Å². The van der Waals surface area contributed by atoms with Gasteiger partial charge in [-0.2, -0.15) is 0 Å². The van der Waals surface area contributed by atoms with E-state index in [-0.39, 0.29) is 6.09 Å². The number of anilines is 1. The standard InChI is InChI=1S/C20H23NO3/c1-20(2,3)24-19(22)21-12-11-16-9-10-17(13-18(16)21)23-14-15-7-5-4-6-8-15/h4-10,13H,11-12,14H2,1-3H3. The van der Waals surface area contributed by atoms with Crippen molar-refractivity contribution >= 4 is 11.8 Å². The number of amides is 1. The summed E-state index contributed by atoms with van der Waals surface area (Å²) >= 11 is 0. The second-order valence-corrected chi connectivity index (χ2v) is 6.95. The highest BCUT2D eigenvalue weighted by Gasteiger charge is 2.29. The number of carbonyl (C=O) groups excluding carboxylic acids is 1. The van der Waals surface area contributed by atoms with Gasteiger partial charge in [0.05, 0.1) is 5.69 Å². The van der Waals surface area contributed by atoms with Crippen molar-refractivity contribution in [3.63, 3.8) is 0 Å². The van der Waals surface area contributed by atoms with Crippen LogP contribution in [-0.2, 0) is 17.8 Å². The van der Waals surface area contributed by atoms with Crippen LogP contribution in [0.15, 0.2) is 48.5 Å². The van der Waals surface area contributed by atoms with Crippen LogP contribution in [0.1, 0.15) is 31.9 Å². The second-order valence-electron chi connectivity index (χ2n) is 6.95. The van der Waals surface area contributed by atoms with E-state index in [0.717, 1.165) is 29.0 Å². The van der Waals surface area contributed by atoms with E-state index < -0.39 is 5.60 Å². The van der Waals surface area contributed by atoms with E-state index in [1.54, 1.807) is 4.90 Å². The molecule has 4 heteroatoms. The highest BCUT2D eigenvalue weighted by Crippen LogP contribution is 2.33. The molecule has 24 heavy (non-hydrogen) atoms. The lowest BCUT2D eigenvalue weighted by molar-refractivity contribution is 0.0584. The monoisotopic (exact) mass is 325 g/mol. The highest BCUT2D eigenvalue weighted by atomic mass is 16.6. The molecule has 2 aromatic carbocycles. The van der Waals surface area contributed by atoms with Crippen LogP contribution in [0.3, 0.4) is 0 Å². The van der Waals surface area contributed by atoms with E-state index in [4.69, 9.17) is 9.47 Å². The van der Waals surface area contributed by atoms with E-state index >= 15 is 0 Å². The van der Waals surface area contributed by atoms with Gasteiger partial charge in [0.25, 0.3) is 0 Å². The number of rotatable bonds is 3. The quantitative estimate of drug-likeness (QED) is 0.830. The first-order chi connectivity index (χ1) is 11.4. The minimum atomic E-state index is -0.499. The highest BCUT2D eigenvalue weighted by molar-refractivity contribution is 5.90. The first-order valence-corrected chi connectivity index (χ1v) is 8.22. The molecule has 1 heterocycles. The van der Waals surface area contributed by atoms with Gasteiger partial charge in [0.2, 0.25) is 0 Å². The van der Waals surface area contributed by atoms with Gasteiger partial charge in [0.15, 0.2) is 0 Å². The number of hydrogen-bond donors (Lipinski definition) is 0. The molecule has 0 saturated heterocycles. The van der Waals surface area contributed by atoms with Crippen LogP contribution in [0.2, 0.25) is 0 Å². The fourth-order valence-electron chi connectivity index (χ4n) is 2.70. The Kier molecular flexibility index (Phi) is 4.47. The largest absolute Gasteiger partial charge is 0.489 e.